The molecule has 0 aromatic heterocycles. The van der Waals surface area contributed by atoms with Gasteiger partial charge in [0.1, 0.15) is 5.75 Å². The predicted octanol–water partition coefficient (Wildman–Crippen LogP) is 2.19. The molecule has 130 valence electrons. The fourth-order valence-corrected chi connectivity index (χ4v) is 3.76. The van der Waals surface area contributed by atoms with Gasteiger partial charge >= 0.3 is 0 Å². The summed E-state index contributed by atoms with van der Waals surface area (Å²) in [6.07, 6.45) is -1.04. The molecular weight excluding hydrogens is 328 g/mol. The number of hydrogen-bond acceptors (Lipinski definition) is 5. The summed E-state index contributed by atoms with van der Waals surface area (Å²) < 4.78 is 34.6. The van der Waals surface area contributed by atoms with Crippen LogP contribution in [0.3, 0.4) is 0 Å². The van der Waals surface area contributed by atoms with Crippen LogP contribution in [0.4, 0.5) is 0 Å². The van der Waals surface area contributed by atoms with Crippen LogP contribution >= 0.6 is 0 Å². The van der Waals surface area contributed by atoms with Crippen LogP contribution in [0.25, 0.3) is 0 Å². The Balaban J connectivity index is 1.76. The van der Waals surface area contributed by atoms with Crippen molar-refractivity contribution in [2.45, 2.75) is 18.5 Å². The molecule has 1 N–H and O–H groups in total. The van der Waals surface area contributed by atoms with Crippen molar-refractivity contribution in [3.8, 4) is 5.75 Å². The molecule has 0 fully saturated rings. The minimum Gasteiger partial charge on any atom is -0.497 e. The molecule has 0 spiro atoms. The van der Waals surface area contributed by atoms with Gasteiger partial charge in [0.15, 0.2) is 9.84 Å². The summed E-state index contributed by atoms with van der Waals surface area (Å²) in [5, 5.41) is 9.90. The zero-order valence-corrected chi connectivity index (χ0v) is 14.4. The average Bonchev–Trinajstić information content (AvgIpc) is 2.55. The van der Waals surface area contributed by atoms with E-state index in [1.807, 2.05) is 30.3 Å². The van der Waals surface area contributed by atoms with E-state index < -0.39 is 15.9 Å². The van der Waals surface area contributed by atoms with E-state index in [1.54, 1.807) is 31.4 Å². The van der Waals surface area contributed by atoms with Crippen LogP contribution in [0, 0.1) is 0 Å². The van der Waals surface area contributed by atoms with Gasteiger partial charge in [-0.15, -0.1) is 0 Å². The van der Waals surface area contributed by atoms with E-state index in [-0.39, 0.29) is 18.1 Å². The number of methoxy groups -OCH3 is 1. The molecule has 0 bridgehead atoms. The molecule has 1 atom stereocenters. The Morgan fingerprint density at radius 3 is 2.29 bits per heavy atom. The second kappa shape index (κ2) is 8.82. The lowest BCUT2D eigenvalue weighted by molar-refractivity contribution is 0.0390. The van der Waals surface area contributed by atoms with E-state index >= 15 is 0 Å². The van der Waals surface area contributed by atoms with Gasteiger partial charge in [0, 0.05) is 0 Å². The Morgan fingerprint density at radius 1 is 1.00 bits per heavy atom. The normalized spacial score (nSPS) is 12.8. The molecule has 0 radical (unpaired) electrons. The molecule has 0 aliphatic carbocycles. The first kappa shape index (κ1) is 18.4. The second-order valence-electron chi connectivity index (χ2n) is 5.56. The van der Waals surface area contributed by atoms with E-state index in [0.29, 0.717) is 12.2 Å². The maximum atomic E-state index is 12.1. The fourth-order valence-electron chi connectivity index (χ4n) is 2.26. The topological polar surface area (TPSA) is 72.8 Å². The quantitative estimate of drug-likeness (QED) is 0.750. The zero-order chi connectivity index (χ0) is 17.4. The Labute approximate surface area is 142 Å². The molecular formula is C18H22O5S. The van der Waals surface area contributed by atoms with Crippen molar-refractivity contribution in [2.24, 2.45) is 0 Å². The Bertz CT molecular complexity index is 711. The molecule has 2 aromatic rings. The first-order valence-electron chi connectivity index (χ1n) is 7.61. The van der Waals surface area contributed by atoms with Crippen molar-refractivity contribution in [3.63, 3.8) is 0 Å². The van der Waals surface area contributed by atoms with Crippen molar-refractivity contribution in [1.29, 1.82) is 0 Å². The van der Waals surface area contributed by atoms with Crippen molar-refractivity contribution in [1.82, 2.24) is 0 Å². The Hall–Kier alpha value is -1.89. The van der Waals surface area contributed by atoms with Crippen molar-refractivity contribution < 1.29 is 23.0 Å². The van der Waals surface area contributed by atoms with E-state index in [1.165, 1.54) is 0 Å². The monoisotopic (exact) mass is 350 g/mol. The highest BCUT2D eigenvalue weighted by Gasteiger charge is 2.18. The van der Waals surface area contributed by atoms with Gasteiger partial charge < -0.3 is 14.6 Å². The van der Waals surface area contributed by atoms with Crippen LogP contribution in [-0.4, -0.2) is 39.1 Å². The molecule has 0 aliphatic rings. The molecule has 6 heteroatoms. The standard InChI is InChI=1S/C18H22O5S/c1-22-18-9-7-15(8-10-18)11-23-12-17(19)14-24(20,21)13-16-5-3-2-4-6-16/h2-10,17,19H,11-14H2,1H3/t17-/m1/s1. The van der Waals surface area contributed by atoms with Gasteiger partial charge in [-0.1, -0.05) is 42.5 Å². The van der Waals surface area contributed by atoms with Gasteiger partial charge in [-0.3, -0.25) is 0 Å². The first-order chi connectivity index (χ1) is 11.5. The predicted molar refractivity (Wildman–Crippen MR) is 92.6 cm³/mol. The Morgan fingerprint density at radius 2 is 1.67 bits per heavy atom. The highest BCUT2D eigenvalue weighted by atomic mass is 32.2. The largest absolute Gasteiger partial charge is 0.497 e. The zero-order valence-electron chi connectivity index (χ0n) is 13.6. The van der Waals surface area contributed by atoms with Crippen LogP contribution in [0.1, 0.15) is 11.1 Å². The van der Waals surface area contributed by atoms with Crippen LogP contribution in [-0.2, 0) is 26.9 Å². The summed E-state index contributed by atoms with van der Waals surface area (Å²) >= 11 is 0. The molecule has 0 saturated heterocycles. The minimum atomic E-state index is -3.38. The van der Waals surface area contributed by atoms with Gasteiger partial charge in [0.25, 0.3) is 0 Å². The number of rotatable bonds is 9. The third-order valence-electron chi connectivity index (χ3n) is 3.41. The fraction of sp³-hybridized carbons (Fsp3) is 0.333. The van der Waals surface area contributed by atoms with E-state index in [4.69, 9.17) is 9.47 Å². The van der Waals surface area contributed by atoms with Gasteiger partial charge in [0.2, 0.25) is 0 Å². The molecule has 24 heavy (non-hydrogen) atoms. The van der Waals surface area contributed by atoms with Crippen molar-refractivity contribution in [3.05, 3.63) is 65.7 Å². The highest BCUT2D eigenvalue weighted by molar-refractivity contribution is 7.90. The molecule has 0 heterocycles. The molecule has 0 aliphatic heterocycles. The van der Waals surface area contributed by atoms with Gasteiger partial charge in [0.05, 0.1) is 37.9 Å². The number of hydrogen-bond donors (Lipinski definition) is 1. The van der Waals surface area contributed by atoms with Gasteiger partial charge in [-0.2, -0.15) is 0 Å². The average molecular weight is 350 g/mol. The summed E-state index contributed by atoms with van der Waals surface area (Å²) in [5.74, 6) is 0.360. The maximum Gasteiger partial charge on any atom is 0.157 e. The lowest BCUT2D eigenvalue weighted by Crippen LogP contribution is -2.26. The molecule has 2 rings (SSSR count). The molecule has 2 aromatic carbocycles. The number of sulfone groups is 1. The Kier molecular flexibility index (Phi) is 6.78. The van der Waals surface area contributed by atoms with Crippen LogP contribution in [0.15, 0.2) is 54.6 Å². The number of aliphatic hydroxyl groups is 1. The summed E-state index contributed by atoms with van der Waals surface area (Å²) in [5.41, 5.74) is 1.64. The SMILES string of the molecule is COc1ccc(COC[C@@H](O)CS(=O)(=O)Cc2ccccc2)cc1. The van der Waals surface area contributed by atoms with Crippen LogP contribution < -0.4 is 4.74 Å². The van der Waals surface area contributed by atoms with Gasteiger partial charge in [-0.05, 0) is 23.3 Å². The number of benzene rings is 2. The summed E-state index contributed by atoms with van der Waals surface area (Å²) in [6.45, 7) is 0.278. The minimum absolute atomic E-state index is 0.0277. The third kappa shape index (κ3) is 6.31. The molecule has 0 saturated carbocycles. The molecule has 5 nitrogen and oxygen atoms in total. The van der Waals surface area contributed by atoms with E-state index in [9.17, 15) is 13.5 Å². The van der Waals surface area contributed by atoms with E-state index in [2.05, 4.69) is 0 Å². The maximum absolute atomic E-state index is 12.1. The van der Waals surface area contributed by atoms with Crippen molar-refractivity contribution in [2.75, 3.05) is 19.5 Å². The second-order valence-corrected chi connectivity index (χ2v) is 7.67. The van der Waals surface area contributed by atoms with Crippen LogP contribution in [0.2, 0.25) is 0 Å². The lowest BCUT2D eigenvalue weighted by atomic mass is 10.2. The molecule has 0 unspecified atom stereocenters. The first-order valence-corrected chi connectivity index (χ1v) is 9.44. The highest BCUT2D eigenvalue weighted by Crippen LogP contribution is 2.12. The number of ether oxygens (including phenoxy) is 2. The van der Waals surface area contributed by atoms with Crippen molar-refractivity contribution >= 4 is 9.84 Å². The molecule has 0 amide bonds. The summed E-state index contributed by atoms with van der Waals surface area (Å²) in [6, 6.07) is 16.3. The summed E-state index contributed by atoms with van der Waals surface area (Å²) in [4.78, 5) is 0. The summed E-state index contributed by atoms with van der Waals surface area (Å²) in [7, 11) is -1.79. The third-order valence-corrected chi connectivity index (χ3v) is 5.08. The van der Waals surface area contributed by atoms with Crippen LogP contribution in [0.5, 0.6) is 5.75 Å². The number of aliphatic hydroxyl groups excluding tert-OH is 1. The lowest BCUT2D eigenvalue weighted by Gasteiger charge is -2.12. The van der Waals surface area contributed by atoms with E-state index in [0.717, 1.165) is 11.3 Å². The smallest absolute Gasteiger partial charge is 0.157 e. The van der Waals surface area contributed by atoms with Gasteiger partial charge in [-0.25, -0.2) is 8.42 Å².